The van der Waals surface area contributed by atoms with E-state index < -0.39 is 0 Å². The summed E-state index contributed by atoms with van der Waals surface area (Å²) in [6, 6.07) is 0. The highest BCUT2D eigenvalue weighted by atomic mass is 16.1. The van der Waals surface area contributed by atoms with Crippen LogP contribution in [0.3, 0.4) is 0 Å². The van der Waals surface area contributed by atoms with Crippen LogP contribution in [0.25, 0.3) is 0 Å². The van der Waals surface area contributed by atoms with E-state index in [-0.39, 0.29) is 5.69 Å². The Hall–Kier alpha value is -1.16. The molecule has 2 rings (SSSR count). The molecule has 1 aliphatic rings. The Bertz CT molecular complexity index is 409. The standard InChI is InChI=1S/C11H17N3O/c1-7(2)5-10-8-6-12-4-3-9(8)13-11(15)14-10/h7,12H,3-6H2,1-2H3,(H,13,14,15). The van der Waals surface area contributed by atoms with E-state index in [1.165, 1.54) is 5.56 Å². The maximum absolute atomic E-state index is 11.4. The largest absolute Gasteiger partial charge is 0.345 e. The van der Waals surface area contributed by atoms with Crippen LogP contribution in [0.1, 0.15) is 30.8 Å². The van der Waals surface area contributed by atoms with E-state index in [0.717, 1.165) is 37.3 Å². The van der Waals surface area contributed by atoms with E-state index in [4.69, 9.17) is 0 Å². The van der Waals surface area contributed by atoms with Crippen molar-refractivity contribution in [2.45, 2.75) is 33.2 Å². The second-order valence-electron chi connectivity index (χ2n) is 4.47. The molecule has 0 aliphatic carbocycles. The molecule has 0 saturated carbocycles. The van der Waals surface area contributed by atoms with Crippen molar-refractivity contribution in [3.8, 4) is 0 Å². The third kappa shape index (κ3) is 2.26. The van der Waals surface area contributed by atoms with Gasteiger partial charge in [0, 0.05) is 30.8 Å². The van der Waals surface area contributed by atoms with E-state index >= 15 is 0 Å². The molecule has 2 N–H and O–H groups in total. The van der Waals surface area contributed by atoms with Gasteiger partial charge in [-0.3, -0.25) is 0 Å². The normalized spacial score (nSPS) is 15.4. The molecular weight excluding hydrogens is 190 g/mol. The van der Waals surface area contributed by atoms with Gasteiger partial charge in [-0.2, -0.15) is 4.98 Å². The molecule has 0 saturated heterocycles. The minimum atomic E-state index is -0.202. The molecule has 0 unspecified atom stereocenters. The molecule has 4 heteroatoms. The van der Waals surface area contributed by atoms with Crippen molar-refractivity contribution in [2.75, 3.05) is 6.54 Å². The summed E-state index contributed by atoms with van der Waals surface area (Å²) in [6.07, 6.45) is 1.78. The van der Waals surface area contributed by atoms with Gasteiger partial charge in [-0.1, -0.05) is 13.8 Å². The van der Waals surface area contributed by atoms with E-state index in [9.17, 15) is 4.79 Å². The van der Waals surface area contributed by atoms with Crippen molar-refractivity contribution in [2.24, 2.45) is 5.92 Å². The van der Waals surface area contributed by atoms with E-state index in [1.807, 2.05) is 0 Å². The van der Waals surface area contributed by atoms with Gasteiger partial charge in [0.2, 0.25) is 0 Å². The highest BCUT2D eigenvalue weighted by Crippen LogP contribution is 2.15. The zero-order chi connectivity index (χ0) is 10.8. The molecule has 4 nitrogen and oxygen atoms in total. The number of aromatic nitrogens is 2. The first kappa shape index (κ1) is 10.4. The van der Waals surface area contributed by atoms with Crippen LogP contribution >= 0.6 is 0 Å². The molecule has 1 aromatic heterocycles. The van der Waals surface area contributed by atoms with Crippen molar-refractivity contribution in [1.82, 2.24) is 15.3 Å². The lowest BCUT2D eigenvalue weighted by molar-refractivity contribution is 0.582. The van der Waals surface area contributed by atoms with Crippen LogP contribution in [-0.2, 0) is 19.4 Å². The van der Waals surface area contributed by atoms with Gasteiger partial charge in [-0.15, -0.1) is 0 Å². The lowest BCUT2D eigenvalue weighted by Crippen LogP contribution is -2.30. The van der Waals surface area contributed by atoms with E-state index in [0.29, 0.717) is 5.92 Å². The summed E-state index contributed by atoms with van der Waals surface area (Å²) in [5.41, 5.74) is 3.04. The smallest absolute Gasteiger partial charge is 0.312 e. The summed E-state index contributed by atoms with van der Waals surface area (Å²) in [4.78, 5) is 18.3. The second-order valence-corrected chi connectivity index (χ2v) is 4.47. The van der Waals surface area contributed by atoms with Crippen molar-refractivity contribution < 1.29 is 0 Å². The van der Waals surface area contributed by atoms with Crippen molar-refractivity contribution in [3.63, 3.8) is 0 Å². The summed E-state index contributed by atoms with van der Waals surface area (Å²) in [5.74, 6) is 0.533. The summed E-state index contributed by atoms with van der Waals surface area (Å²) in [7, 11) is 0. The van der Waals surface area contributed by atoms with E-state index in [2.05, 4.69) is 29.1 Å². The minimum Gasteiger partial charge on any atom is -0.312 e. The van der Waals surface area contributed by atoms with Crippen LogP contribution in [0.5, 0.6) is 0 Å². The fourth-order valence-corrected chi connectivity index (χ4v) is 2.00. The summed E-state index contributed by atoms with van der Waals surface area (Å²) >= 11 is 0. The Morgan fingerprint density at radius 2 is 2.27 bits per heavy atom. The van der Waals surface area contributed by atoms with Crippen LogP contribution < -0.4 is 11.0 Å². The average Bonchev–Trinajstić information content (AvgIpc) is 2.16. The zero-order valence-electron chi connectivity index (χ0n) is 9.26. The first-order valence-electron chi connectivity index (χ1n) is 5.48. The van der Waals surface area contributed by atoms with Crippen LogP contribution in [0, 0.1) is 5.92 Å². The molecule has 0 fully saturated rings. The predicted molar refractivity (Wildman–Crippen MR) is 58.8 cm³/mol. The Labute approximate surface area is 89.1 Å². The van der Waals surface area contributed by atoms with Gasteiger partial charge in [-0.25, -0.2) is 4.79 Å². The van der Waals surface area contributed by atoms with Crippen molar-refractivity contribution >= 4 is 0 Å². The molecule has 0 aromatic carbocycles. The molecule has 0 radical (unpaired) electrons. The van der Waals surface area contributed by atoms with Crippen molar-refractivity contribution in [3.05, 3.63) is 27.4 Å². The lowest BCUT2D eigenvalue weighted by Gasteiger charge is -2.19. The van der Waals surface area contributed by atoms with Crippen LogP contribution in [0.15, 0.2) is 4.79 Å². The minimum absolute atomic E-state index is 0.202. The lowest BCUT2D eigenvalue weighted by atomic mass is 9.99. The van der Waals surface area contributed by atoms with Gasteiger partial charge in [-0.05, 0) is 12.3 Å². The van der Waals surface area contributed by atoms with Crippen LogP contribution in [0.2, 0.25) is 0 Å². The maximum Gasteiger partial charge on any atom is 0.345 e. The molecule has 82 valence electrons. The monoisotopic (exact) mass is 207 g/mol. The number of nitrogens with zero attached hydrogens (tertiary/aromatic N) is 1. The number of hydrogen-bond donors (Lipinski definition) is 2. The number of nitrogens with one attached hydrogen (secondary N) is 2. The quantitative estimate of drug-likeness (QED) is 0.747. The first-order chi connectivity index (χ1) is 7.16. The highest BCUT2D eigenvalue weighted by molar-refractivity contribution is 5.27. The van der Waals surface area contributed by atoms with Gasteiger partial charge in [0.05, 0.1) is 5.69 Å². The number of hydrogen-bond acceptors (Lipinski definition) is 3. The third-order valence-electron chi connectivity index (χ3n) is 2.66. The molecule has 1 aliphatic heterocycles. The number of fused-ring (bicyclic) bond motifs is 1. The Balaban J connectivity index is 2.43. The Morgan fingerprint density at radius 3 is 3.00 bits per heavy atom. The Morgan fingerprint density at radius 1 is 1.47 bits per heavy atom. The fourth-order valence-electron chi connectivity index (χ4n) is 2.00. The van der Waals surface area contributed by atoms with Gasteiger partial charge in [0.25, 0.3) is 0 Å². The summed E-state index contributed by atoms with van der Waals surface area (Å²) in [6.45, 7) is 6.06. The molecule has 0 atom stereocenters. The third-order valence-corrected chi connectivity index (χ3v) is 2.66. The predicted octanol–water partition coefficient (Wildman–Crippen LogP) is 0.614. The van der Waals surface area contributed by atoms with Crippen LogP contribution in [0.4, 0.5) is 0 Å². The SMILES string of the molecule is CC(C)Cc1nc(=O)[nH]c2c1CNCC2. The molecule has 0 bridgehead atoms. The summed E-state index contributed by atoms with van der Waals surface area (Å²) < 4.78 is 0. The van der Waals surface area contributed by atoms with Gasteiger partial charge in [0.1, 0.15) is 0 Å². The number of aromatic amines is 1. The molecule has 2 heterocycles. The molecular formula is C11H17N3O. The van der Waals surface area contributed by atoms with Gasteiger partial charge < -0.3 is 10.3 Å². The van der Waals surface area contributed by atoms with Crippen molar-refractivity contribution in [1.29, 1.82) is 0 Å². The Kier molecular flexibility index (Phi) is 2.86. The average molecular weight is 207 g/mol. The number of H-pyrrole nitrogens is 1. The summed E-state index contributed by atoms with van der Waals surface area (Å²) in [5, 5.41) is 3.31. The van der Waals surface area contributed by atoms with Crippen LogP contribution in [-0.4, -0.2) is 16.5 Å². The first-order valence-corrected chi connectivity index (χ1v) is 5.48. The maximum atomic E-state index is 11.4. The fraction of sp³-hybridized carbons (Fsp3) is 0.636. The van der Waals surface area contributed by atoms with E-state index in [1.54, 1.807) is 0 Å². The topological polar surface area (TPSA) is 57.8 Å². The van der Waals surface area contributed by atoms with Gasteiger partial charge >= 0.3 is 5.69 Å². The molecule has 1 aromatic rings. The highest BCUT2D eigenvalue weighted by Gasteiger charge is 2.16. The molecule has 15 heavy (non-hydrogen) atoms. The zero-order valence-corrected chi connectivity index (χ0v) is 9.26. The molecule has 0 spiro atoms. The molecule has 0 amide bonds. The second kappa shape index (κ2) is 4.14. The number of rotatable bonds is 2. The van der Waals surface area contributed by atoms with Gasteiger partial charge in [0.15, 0.2) is 0 Å².